The summed E-state index contributed by atoms with van der Waals surface area (Å²) in [4.78, 5) is 10.6. The van der Waals surface area contributed by atoms with Crippen LogP contribution in [0.2, 0.25) is 5.15 Å². The molecule has 0 amide bonds. The second-order valence-corrected chi connectivity index (χ2v) is 5.33. The van der Waals surface area contributed by atoms with Gasteiger partial charge in [0.05, 0.1) is 18.8 Å². The van der Waals surface area contributed by atoms with E-state index in [1.54, 1.807) is 4.52 Å². The van der Waals surface area contributed by atoms with Crippen LogP contribution in [-0.4, -0.2) is 44.9 Å². The average molecular weight is 282 g/mol. The first-order valence-electron chi connectivity index (χ1n) is 6.32. The highest BCUT2D eigenvalue weighted by atomic mass is 35.5. The number of halogens is 1. The molecule has 0 bridgehead atoms. The summed E-state index contributed by atoms with van der Waals surface area (Å²) in [5.74, 6) is 1.48. The number of morpholine rings is 1. The minimum atomic E-state index is 0.182. The zero-order chi connectivity index (χ0) is 13.6. The lowest BCUT2D eigenvalue weighted by Crippen LogP contribution is -2.48. The van der Waals surface area contributed by atoms with E-state index in [4.69, 9.17) is 16.3 Å². The van der Waals surface area contributed by atoms with Gasteiger partial charge in [0.2, 0.25) is 0 Å². The molecule has 19 heavy (non-hydrogen) atoms. The second kappa shape index (κ2) is 4.61. The van der Waals surface area contributed by atoms with Gasteiger partial charge in [-0.1, -0.05) is 11.6 Å². The van der Waals surface area contributed by atoms with Crippen molar-refractivity contribution in [2.45, 2.75) is 32.9 Å². The highest BCUT2D eigenvalue weighted by Gasteiger charge is 2.28. The monoisotopic (exact) mass is 281 g/mol. The van der Waals surface area contributed by atoms with E-state index in [9.17, 15) is 0 Å². The van der Waals surface area contributed by atoms with Crippen LogP contribution in [-0.2, 0) is 4.74 Å². The fraction of sp³-hybridized carbons (Fsp3) is 0.583. The molecule has 3 heterocycles. The molecule has 102 valence electrons. The second-order valence-electron chi connectivity index (χ2n) is 4.97. The van der Waals surface area contributed by atoms with Crippen LogP contribution in [0, 0.1) is 6.92 Å². The molecule has 2 aromatic heterocycles. The quantitative estimate of drug-likeness (QED) is 0.745. The lowest BCUT2D eigenvalue weighted by Gasteiger charge is -2.38. The Kier molecular flexibility index (Phi) is 3.06. The molecule has 0 aliphatic carbocycles. The number of hydrogen-bond acceptors (Lipinski definition) is 5. The zero-order valence-electron chi connectivity index (χ0n) is 11.2. The average Bonchev–Trinajstić information content (AvgIpc) is 2.82. The summed E-state index contributed by atoms with van der Waals surface area (Å²) in [5, 5.41) is 4.73. The molecule has 0 saturated carbocycles. The predicted octanol–water partition coefficient (Wildman–Crippen LogP) is 1.70. The number of rotatable bonds is 1. The molecule has 3 rings (SSSR count). The van der Waals surface area contributed by atoms with Gasteiger partial charge in [-0.25, -0.2) is 0 Å². The molecule has 2 unspecified atom stereocenters. The smallest absolute Gasteiger partial charge is 0.255 e. The third kappa shape index (κ3) is 2.04. The molecule has 1 fully saturated rings. The third-order valence-corrected chi connectivity index (χ3v) is 3.82. The van der Waals surface area contributed by atoms with Gasteiger partial charge < -0.3 is 9.64 Å². The Bertz CT molecular complexity index is 613. The van der Waals surface area contributed by atoms with Crippen LogP contribution in [0.1, 0.15) is 19.4 Å². The number of fused-ring (bicyclic) bond motifs is 1. The minimum absolute atomic E-state index is 0.182. The van der Waals surface area contributed by atoms with Gasteiger partial charge in [-0.05, 0) is 20.8 Å². The topological polar surface area (TPSA) is 55.5 Å². The number of nitrogens with zero attached hydrogens (tertiary/aromatic N) is 5. The normalized spacial score (nSPS) is 24.1. The van der Waals surface area contributed by atoms with Gasteiger partial charge in [0, 0.05) is 12.1 Å². The molecule has 0 N–H and O–H groups in total. The van der Waals surface area contributed by atoms with E-state index in [-0.39, 0.29) is 12.1 Å². The van der Waals surface area contributed by atoms with Gasteiger partial charge in [-0.15, -0.1) is 0 Å². The van der Waals surface area contributed by atoms with Gasteiger partial charge in [0.15, 0.2) is 0 Å². The molecule has 2 aromatic rings. The summed E-state index contributed by atoms with van der Waals surface area (Å²) in [7, 11) is 0. The van der Waals surface area contributed by atoms with Crippen molar-refractivity contribution in [1.82, 2.24) is 19.6 Å². The van der Waals surface area contributed by atoms with Gasteiger partial charge in [0.25, 0.3) is 5.78 Å². The third-order valence-electron chi connectivity index (χ3n) is 3.45. The summed E-state index contributed by atoms with van der Waals surface area (Å²) >= 11 is 6.20. The Morgan fingerprint density at radius 2 is 2.21 bits per heavy atom. The van der Waals surface area contributed by atoms with Crippen molar-refractivity contribution in [2.24, 2.45) is 0 Å². The van der Waals surface area contributed by atoms with Crippen molar-refractivity contribution < 1.29 is 4.74 Å². The lowest BCUT2D eigenvalue weighted by molar-refractivity contribution is 0.0338. The maximum atomic E-state index is 6.20. The van der Waals surface area contributed by atoms with Crippen molar-refractivity contribution in [3.63, 3.8) is 0 Å². The van der Waals surface area contributed by atoms with Crippen molar-refractivity contribution in [2.75, 3.05) is 18.1 Å². The summed E-state index contributed by atoms with van der Waals surface area (Å²) in [5.41, 5.74) is 0.917. The van der Waals surface area contributed by atoms with E-state index < -0.39 is 0 Å². The first-order chi connectivity index (χ1) is 9.08. The Morgan fingerprint density at radius 1 is 1.42 bits per heavy atom. The SMILES string of the molecule is Cc1c(Cl)nc2ncnn2c1N1CC(C)OCC1C. The van der Waals surface area contributed by atoms with Gasteiger partial charge in [0.1, 0.15) is 17.3 Å². The van der Waals surface area contributed by atoms with Crippen LogP contribution < -0.4 is 4.90 Å². The Labute approximate surface area is 116 Å². The largest absolute Gasteiger partial charge is 0.375 e. The lowest BCUT2D eigenvalue weighted by atomic mass is 10.2. The van der Waals surface area contributed by atoms with Crippen LogP contribution in [0.4, 0.5) is 5.82 Å². The molecule has 1 aliphatic rings. The van der Waals surface area contributed by atoms with Crippen LogP contribution in [0.3, 0.4) is 0 Å². The van der Waals surface area contributed by atoms with E-state index in [2.05, 4.69) is 33.8 Å². The fourth-order valence-electron chi connectivity index (χ4n) is 2.42. The summed E-state index contributed by atoms with van der Waals surface area (Å²) < 4.78 is 7.42. The molecule has 0 radical (unpaired) electrons. The molecular weight excluding hydrogens is 266 g/mol. The molecule has 0 aromatic carbocycles. The number of aromatic nitrogens is 4. The van der Waals surface area contributed by atoms with Gasteiger partial charge in [-0.2, -0.15) is 19.6 Å². The Balaban J connectivity index is 2.17. The molecule has 6 nitrogen and oxygen atoms in total. The van der Waals surface area contributed by atoms with Crippen molar-refractivity contribution in [3.05, 3.63) is 17.0 Å². The zero-order valence-corrected chi connectivity index (χ0v) is 11.9. The summed E-state index contributed by atoms with van der Waals surface area (Å²) in [6.45, 7) is 7.64. The van der Waals surface area contributed by atoms with Crippen LogP contribution in [0.15, 0.2) is 6.33 Å². The van der Waals surface area contributed by atoms with Gasteiger partial charge in [-0.3, -0.25) is 0 Å². The molecule has 1 aliphatic heterocycles. The highest BCUT2D eigenvalue weighted by Crippen LogP contribution is 2.29. The molecule has 1 saturated heterocycles. The van der Waals surface area contributed by atoms with Crippen LogP contribution >= 0.6 is 11.6 Å². The molecule has 7 heteroatoms. The molecular formula is C12H16ClN5O. The first kappa shape index (κ1) is 12.6. The number of ether oxygens (including phenoxy) is 1. The van der Waals surface area contributed by atoms with Crippen molar-refractivity contribution in [3.8, 4) is 0 Å². The minimum Gasteiger partial charge on any atom is -0.375 e. The van der Waals surface area contributed by atoms with Crippen molar-refractivity contribution in [1.29, 1.82) is 0 Å². The number of hydrogen-bond donors (Lipinski definition) is 0. The first-order valence-corrected chi connectivity index (χ1v) is 6.69. The van der Waals surface area contributed by atoms with E-state index in [0.717, 1.165) is 17.9 Å². The van der Waals surface area contributed by atoms with Crippen LogP contribution in [0.25, 0.3) is 5.78 Å². The Morgan fingerprint density at radius 3 is 3.00 bits per heavy atom. The molecule has 2 atom stereocenters. The Hall–Kier alpha value is -1.40. The predicted molar refractivity (Wildman–Crippen MR) is 72.8 cm³/mol. The summed E-state index contributed by atoms with van der Waals surface area (Å²) in [6, 6.07) is 0.265. The van der Waals surface area contributed by atoms with E-state index in [0.29, 0.717) is 17.5 Å². The highest BCUT2D eigenvalue weighted by molar-refractivity contribution is 6.30. The van der Waals surface area contributed by atoms with Crippen molar-refractivity contribution >= 4 is 23.2 Å². The van der Waals surface area contributed by atoms with E-state index in [1.165, 1.54) is 6.33 Å². The fourth-order valence-corrected chi connectivity index (χ4v) is 2.58. The van der Waals surface area contributed by atoms with E-state index >= 15 is 0 Å². The standard InChI is InChI=1S/C12H16ClN5O/c1-7-5-19-8(2)4-17(7)11-9(3)10(13)16-12-14-6-15-18(11)12/h6-8H,4-5H2,1-3H3. The maximum Gasteiger partial charge on any atom is 0.255 e. The van der Waals surface area contributed by atoms with Crippen LogP contribution in [0.5, 0.6) is 0 Å². The van der Waals surface area contributed by atoms with E-state index in [1.807, 2.05) is 6.92 Å². The molecule has 0 spiro atoms. The maximum absolute atomic E-state index is 6.20. The summed E-state index contributed by atoms with van der Waals surface area (Å²) in [6.07, 6.45) is 1.68. The van der Waals surface area contributed by atoms with Gasteiger partial charge >= 0.3 is 0 Å². The number of anilines is 1.